The van der Waals surface area contributed by atoms with E-state index in [1.165, 1.54) is 18.2 Å². The van der Waals surface area contributed by atoms with Gasteiger partial charge in [0.25, 0.3) is 0 Å². The number of rotatable bonds is 2. The van der Waals surface area contributed by atoms with Crippen LogP contribution in [0.15, 0.2) is 30.3 Å². The number of aromatic carboxylic acids is 1. The lowest BCUT2D eigenvalue weighted by atomic mass is 9.88. The van der Waals surface area contributed by atoms with Gasteiger partial charge < -0.3 is 5.11 Å². The largest absolute Gasteiger partial charge is 0.478 e. The molecular weight excluding hydrogens is 293 g/mol. The molecule has 1 aromatic heterocycles. The van der Waals surface area contributed by atoms with Crippen LogP contribution in [0.2, 0.25) is 5.02 Å². The van der Waals surface area contributed by atoms with Crippen LogP contribution in [0.4, 0.5) is 4.39 Å². The van der Waals surface area contributed by atoms with Crippen LogP contribution < -0.4 is 0 Å². The van der Waals surface area contributed by atoms with Crippen molar-refractivity contribution >= 4 is 17.6 Å². The van der Waals surface area contributed by atoms with Gasteiger partial charge in [-0.05, 0) is 30.3 Å². The molecule has 0 unspecified atom stereocenters. The minimum absolute atomic E-state index is 0.00826. The number of hydrogen-bond acceptors (Lipinski definition) is 2. The van der Waals surface area contributed by atoms with Crippen molar-refractivity contribution in [1.29, 1.82) is 0 Å². The summed E-state index contributed by atoms with van der Waals surface area (Å²) in [6, 6.07) is 7.43. The predicted octanol–water partition coefficient (Wildman–Crippen LogP) is 4.54. The number of pyridine rings is 1. The van der Waals surface area contributed by atoms with E-state index in [1.54, 1.807) is 12.1 Å². The van der Waals surface area contributed by atoms with Crippen molar-refractivity contribution in [1.82, 2.24) is 4.98 Å². The van der Waals surface area contributed by atoms with Crippen molar-refractivity contribution in [3.8, 4) is 11.3 Å². The maximum absolute atomic E-state index is 13.2. The van der Waals surface area contributed by atoms with Crippen LogP contribution in [-0.2, 0) is 5.41 Å². The Hall–Kier alpha value is -1.94. The Balaban J connectivity index is 2.61. The molecular formula is C16H15ClFNO2. The summed E-state index contributed by atoms with van der Waals surface area (Å²) in [5.74, 6) is -1.52. The predicted molar refractivity (Wildman–Crippen MR) is 80.3 cm³/mol. The summed E-state index contributed by atoms with van der Waals surface area (Å²) in [5, 5.41) is 9.27. The number of carboxylic acids is 1. The Bertz CT molecular complexity index is 708. The molecule has 0 radical (unpaired) electrons. The molecule has 21 heavy (non-hydrogen) atoms. The molecule has 0 atom stereocenters. The quantitative estimate of drug-likeness (QED) is 0.886. The van der Waals surface area contributed by atoms with Crippen molar-refractivity contribution in [2.45, 2.75) is 26.2 Å². The van der Waals surface area contributed by atoms with Crippen molar-refractivity contribution in [3.63, 3.8) is 0 Å². The molecule has 2 rings (SSSR count). The average molecular weight is 308 g/mol. The number of hydrogen-bond donors (Lipinski definition) is 1. The van der Waals surface area contributed by atoms with E-state index in [2.05, 4.69) is 4.98 Å². The second kappa shape index (κ2) is 5.45. The van der Waals surface area contributed by atoms with Gasteiger partial charge in [0.2, 0.25) is 0 Å². The third-order valence-electron chi connectivity index (χ3n) is 3.05. The van der Waals surface area contributed by atoms with E-state index in [9.17, 15) is 14.3 Å². The van der Waals surface area contributed by atoms with E-state index in [0.717, 1.165) is 0 Å². The van der Waals surface area contributed by atoms with E-state index in [1.807, 2.05) is 20.8 Å². The molecule has 1 heterocycles. The van der Waals surface area contributed by atoms with E-state index < -0.39 is 17.2 Å². The Kier molecular flexibility index (Phi) is 4.01. The molecule has 0 aliphatic rings. The van der Waals surface area contributed by atoms with Gasteiger partial charge in [-0.25, -0.2) is 9.18 Å². The summed E-state index contributed by atoms with van der Waals surface area (Å²) in [6.45, 7) is 5.68. The van der Waals surface area contributed by atoms with Crippen molar-refractivity contribution in [2.75, 3.05) is 0 Å². The molecule has 0 fully saturated rings. The molecule has 0 bridgehead atoms. The van der Waals surface area contributed by atoms with Gasteiger partial charge in [-0.2, -0.15) is 0 Å². The van der Waals surface area contributed by atoms with Crippen molar-refractivity contribution < 1.29 is 14.3 Å². The highest BCUT2D eigenvalue weighted by atomic mass is 35.5. The third-order valence-corrected chi connectivity index (χ3v) is 3.34. The summed E-state index contributed by atoms with van der Waals surface area (Å²) in [7, 11) is 0. The molecule has 1 N–H and O–H groups in total. The van der Waals surface area contributed by atoms with Crippen LogP contribution in [0.5, 0.6) is 0 Å². The third kappa shape index (κ3) is 3.22. The van der Waals surface area contributed by atoms with Crippen LogP contribution >= 0.6 is 11.6 Å². The monoisotopic (exact) mass is 307 g/mol. The first-order valence-corrected chi connectivity index (χ1v) is 6.78. The first kappa shape index (κ1) is 15.4. The van der Waals surface area contributed by atoms with E-state index in [0.29, 0.717) is 17.0 Å². The van der Waals surface area contributed by atoms with Crippen LogP contribution in [0.25, 0.3) is 11.3 Å². The van der Waals surface area contributed by atoms with E-state index in [4.69, 9.17) is 11.6 Å². The van der Waals surface area contributed by atoms with Gasteiger partial charge in [-0.15, -0.1) is 0 Å². The number of halogens is 2. The standard InChI is InChI=1S/C16H15ClFNO2/c1-16(2,3)14-10(15(20)21)5-7-13(19-14)9-4-6-12(18)11(17)8-9/h4-8H,1-3H3,(H,20,21). The smallest absolute Gasteiger partial charge is 0.337 e. The Morgan fingerprint density at radius 2 is 1.90 bits per heavy atom. The fourth-order valence-electron chi connectivity index (χ4n) is 2.02. The molecule has 0 saturated heterocycles. The average Bonchev–Trinajstić information content (AvgIpc) is 2.40. The van der Waals surface area contributed by atoms with Gasteiger partial charge in [0.15, 0.2) is 0 Å². The Morgan fingerprint density at radius 1 is 1.24 bits per heavy atom. The molecule has 1 aromatic carbocycles. The Morgan fingerprint density at radius 3 is 2.43 bits per heavy atom. The van der Waals surface area contributed by atoms with Crippen LogP contribution in [0, 0.1) is 5.82 Å². The van der Waals surface area contributed by atoms with Gasteiger partial charge >= 0.3 is 5.97 Å². The Labute approximate surface area is 127 Å². The highest BCUT2D eigenvalue weighted by Crippen LogP contribution is 2.29. The lowest BCUT2D eigenvalue weighted by Crippen LogP contribution is -2.19. The molecule has 5 heteroatoms. The molecule has 0 aliphatic carbocycles. The van der Waals surface area contributed by atoms with Gasteiger partial charge in [-0.1, -0.05) is 32.4 Å². The number of carboxylic acid groups (broad SMARTS) is 1. The molecule has 0 amide bonds. The summed E-state index contributed by atoms with van der Waals surface area (Å²) in [4.78, 5) is 15.7. The van der Waals surface area contributed by atoms with Gasteiger partial charge in [0.05, 0.1) is 22.0 Å². The number of aromatic nitrogens is 1. The van der Waals surface area contributed by atoms with Crippen LogP contribution in [0.3, 0.4) is 0 Å². The normalized spacial score (nSPS) is 11.5. The molecule has 0 aliphatic heterocycles. The first-order valence-electron chi connectivity index (χ1n) is 6.40. The SMILES string of the molecule is CC(C)(C)c1nc(-c2ccc(F)c(Cl)c2)ccc1C(=O)O. The molecule has 0 spiro atoms. The maximum Gasteiger partial charge on any atom is 0.337 e. The zero-order valence-corrected chi connectivity index (χ0v) is 12.7. The lowest BCUT2D eigenvalue weighted by Gasteiger charge is -2.21. The zero-order chi connectivity index (χ0) is 15.8. The maximum atomic E-state index is 13.2. The number of nitrogens with zero attached hydrogens (tertiary/aromatic N) is 1. The topological polar surface area (TPSA) is 50.2 Å². The minimum atomic E-state index is -1.02. The van der Waals surface area contributed by atoms with Gasteiger partial charge in [0.1, 0.15) is 5.82 Å². The van der Waals surface area contributed by atoms with Crippen molar-refractivity contribution in [2.24, 2.45) is 0 Å². The fourth-order valence-corrected chi connectivity index (χ4v) is 2.20. The van der Waals surface area contributed by atoms with Crippen LogP contribution in [0.1, 0.15) is 36.8 Å². The molecule has 110 valence electrons. The summed E-state index contributed by atoms with van der Waals surface area (Å²) < 4.78 is 13.2. The first-order chi connectivity index (χ1) is 9.70. The highest BCUT2D eigenvalue weighted by molar-refractivity contribution is 6.31. The summed E-state index contributed by atoms with van der Waals surface area (Å²) >= 11 is 5.78. The number of benzene rings is 1. The minimum Gasteiger partial charge on any atom is -0.478 e. The molecule has 2 aromatic rings. The van der Waals surface area contributed by atoms with Gasteiger partial charge in [-0.3, -0.25) is 4.98 Å². The van der Waals surface area contributed by atoms with E-state index in [-0.39, 0.29) is 10.6 Å². The summed E-state index contributed by atoms with van der Waals surface area (Å²) in [6.07, 6.45) is 0. The van der Waals surface area contributed by atoms with Crippen molar-refractivity contribution in [3.05, 3.63) is 52.4 Å². The second-order valence-electron chi connectivity index (χ2n) is 5.78. The second-order valence-corrected chi connectivity index (χ2v) is 6.18. The zero-order valence-electron chi connectivity index (χ0n) is 11.9. The summed E-state index contributed by atoms with van der Waals surface area (Å²) in [5.41, 5.74) is 1.43. The fraction of sp³-hybridized carbons (Fsp3) is 0.250. The molecule has 0 saturated carbocycles. The highest BCUT2D eigenvalue weighted by Gasteiger charge is 2.24. The van der Waals surface area contributed by atoms with Crippen LogP contribution in [-0.4, -0.2) is 16.1 Å². The molecule has 3 nitrogen and oxygen atoms in total. The number of carbonyl (C=O) groups is 1. The lowest BCUT2D eigenvalue weighted by molar-refractivity contribution is 0.0693. The van der Waals surface area contributed by atoms with E-state index >= 15 is 0 Å². The van der Waals surface area contributed by atoms with Gasteiger partial charge in [0, 0.05) is 11.0 Å².